The number of benzene rings is 1. The van der Waals surface area contributed by atoms with Crippen molar-refractivity contribution in [2.75, 3.05) is 23.7 Å². The molecule has 0 radical (unpaired) electrons. The summed E-state index contributed by atoms with van der Waals surface area (Å²) in [5.41, 5.74) is 10.1. The summed E-state index contributed by atoms with van der Waals surface area (Å²) in [5, 5.41) is 0. The molecule has 158 valence electrons. The first kappa shape index (κ1) is 20.4. The molecule has 0 amide bonds. The molecule has 0 aliphatic carbocycles. The van der Waals surface area contributed by atoms with Gasteiger partial charge in [0.1, 0.15) is 17.1 Å². The Morgan fingerprint density at radius 2 is 2.00 bits per heavy atom. The van der Waals surface area contributed by atoms with Crippen molar-refractivity contribution in [2.24, 2.45) is 5.92 Å². The SMILES string of the molecule is Cc1ccc(CCC(=O)C(C)c2ccc3oc(N)nc3c2)c(N2CCC(C)CC2)n1. The summed E-state index contributed by atoms with van der Waals surface area (Å²) in [7, 11) is 0. The number of aryl methyl sites for hydroxylation is 2. The number of nitrogens with two attached hydrogens (primary N) is 1. The molecule has 1 aliphatic rings. The van der Waals surface area contributed by atoms with E-state index in [4.69, 9.17) is 15.1 Å². The van der Waals surface area contributed by atoms with Crippen LogP contribution in [0.15, 0.2) is 34.7 Å². The topological polar surface area (TPSA) is 85.2 Å². The number of nitrogen functional groups attached to an aromatic ring is 1. The summed E-state index contributed by atoms with van der Waals surface area (Å²) in [5.74, 6) is 1.84. The lowest BCUT2D eigenvalue weighted by molar-refractivity contribution is -0.120. The third kappa shape index (κ3) is 4.32. The van der Waals surface area contributed by atoms with Crippen LogP contribution in [0.4, 0.5) is 11.8 Å². The Morgan fingerprint density at radius 1 is 1.23 bits per heavy atom. The second-order valence-corrected chi connectivity index (χ2v) is 8.57. The van der Waals surface area contributed by atoms with E-state index in [1.54, 1.807) is 0 Å². The molecule has 3 heterocycles. The van der Waals surface area contributed by atoms with Gasteiger partial charge in [0.05, 0.1) is 0 Å². The third-order valence-corrected chi connectivity index (χ3v) is 6.23. The van der Waals surface area contributed by atoms with E-state index in [1.807, 2.05) is 38.1 Å². The van der Waals surface area contributed by atoms with Gasteiger partial charge in [0.2, 0.25) is 0 Å². The average molecular weight is 407 g/mol. The number of rotatable bonds is 6. The van der Waals surface area contributed by atoms with Gasteiger partial charge in [0.15, 0.2) is 5.58 Å². The lowest BCUT2D eigenvalue weighted by atomic mass is 9.92. The van der Waals surface area contributed by atoms with Crippen LogP contribution in [0.2, 0.25) is 0 Å². The first-order chi connectivity index (χ1) is 14.4. The smallest absolute Gasteiger partial charge is 0.292 e. The number of piperidine rings is 1. The zero-order valence-corrected chi connectivity index (χ0v) is 18.0. The van der Waals surface area contributed by atoms with Crippen molar-refractivity contribution in [3.63, 3.8) is 0 Å². The second-order valence-electron chi connectivity index (χ2n) is 8.57. The fourth-order valence-corrected chi connectivity index (χ4v) is 4.15. The van der Waals surface area contributed by atoms with Crippen LogP contribution in [0.1, 0.15) is 55.8 Å². The van der Waals surface area contributed by atoms with E-state index in [2.05, 4.69) is 22.9 Å². The predicted molar refractivity (Wildman–Crippen MR) is 120 cm³/mol. The Labute approximate surface area is 177 Å². The molecular formula is C24H30N4O2. The van der Waals surface area contributed by atoms with Gasteiger partial charge in [0.25, 0.3) is 6.01 Å². The van der Waals surface area contributed by atoms with E-state index in [0.29, 0.717) is 23.9 Å². The Bertz CT molecular complexity index is 1050. The fourth-order valence-electron chi connectivity index (χ4n) is 4.15. The van der Waals surface area contributed by atoms with Crippen molar-refractivity contribution >= 4 is 28.7 Å². The molecule has 0 bridgehead atoms. The van der Waals surface area contributed by atoms with Crippen LogP contribution in [-0.2, 0) is 11.2 Å². The lowest BCUT2D eigenvalue weighted by Gasteiger charge is -2.32. The third-order valence-electron chi connectivity index (χ3n) is 6.23. The standard InChI is InChI=1S/C24H30N4O2/c1-15-10-12-28(13-11-15)23-18(5-4-16(2)26-23)6-8-21(29)17(3)19-7-9-22-20(14-19)27-24(25)30-22/h4-5,7,9,14-15,17H,6,8,10-13H2,1-3H3,(H2,25,27). The van der Waals surface area contributed by atoms with E-state index in [0.717, 1.165) is 41.6 Å². The van der Waals surface area contributed by atoms with Crippen molar-refractivity contribution in [3.8, 4) is 0 Å². The van der Waals surface area contributed by atoms with Crippen molar-refractivity contribution < 1.29 is 9.21 Å². The van der Waals surface area contributed by atoms with E-state index < -0.39 is 0 Å². The summed E-state index contributed by atoms with van der Waals surface area (Å²) in [6.45, 7) is 8.37. The number of oxazole rings is 1. The number of Topliss-reactive ketones (excluding diaryl/α,β-unsaturated/α-hetero) is 1. The minimum Gasteiger partial charge on any atom is -0.424 e. The van der Waals surface area contributed by atoms with Crippen LogP contribution < -0.4 is 10.6 Å². The highest BCUT2D eigenvalue weighted by Crippen LogP contribution is 2.28. The number of aromatic nitrogens is 2. The quantitative estimate of drug-likeness (QED) is 0.641. The summed E-state index contributed by atoms with van der Waals surface area (Å²) >= 11 is 0. The number of ketones is 1. The van der Waals surface area contributed by atoms with Crippen LogP contribution in [0.5, 0.6) is 0 Å². The summed E-state index contributed by atoms with van der Waals surface area (Å²) in [4.78, 5) is 24.3. The molecule has 30 heavy (non-hydrogen) atoms. The molecule has 0 spiro atoms. The Hall–Kier alpha value is -2.89. The van der Waals surface area contributed by atoms with E-state index in [1.165, 1.54) is 12.8 Å². The highest BCUT2D eigenvalue weighted by molar-refractivity contribution is 5.87. The van der Waals surface area contributed by atoms with Crippen LogP contribution in [0.3, 0.4) is 0 Å². The summed E-state index contributed by atoms with van der Waals surface area (Å²) in [6.07, 6.45) is 3.58. The van der Waals surface area contributed by atoms with Gasteiger partial charge < -0.3 is 15.1 Å². The first-order valence-electron chi connectivity index (χ1n) is 10.8. The largest absolute Gasteiger partial charge is 0.424 e. The monoisotopic (exact) mass is 406 g/mol. The molecule has 4 rings (SSSR count). The molecule has 1 atom stereocenters. The fraction of sp³-hybridized carbons (Fsp3) is 0.458. The van der Waals surface area contributed by atoms with Crippen molar-refractivity contribution in [1.82, 2.24) is 9.97 Å². The molecule has 6 nitrogen and oxygen atoms in total. The molecule has 1 aromatic carbocycles. The molecule has 3 aromatic rings. The number of nitrogens with zero attached hydrogens (tertiary/aromatic N) is 3. The van der Waals surface area contributed by atoms with Gasteiger partial charge in [0, 0.05) is 31.1 Å². The molecule has 2 N–H and O–H groups in total. The first-order valence-corrected chi connectivity index (χ1v) is 10.8. The van der Waals surface area contributed by atoms with Gasteiger partial charge in [-0.3, -0.25) is 4.79 Å². The number of carbonyl (C=O) groups excluding carboxylic acids is 1. The highest BCUT2D eigenvalue weighted by atomic mass is 16.4. The van der Waals surface area contributed by atoms with Crippen molar-refractivity contribution in [1.29, 1.82) is 0 Å². The molecule has 1 saturated heterocycles. The zero-order chi connectivity index (χ0) is 21.3. The molecule has 2 aromatic heterocycles. The van der Waals surface area contributed by atoms with E-state index in [-0.39, 0.29) is 17.7 Å². The molecule has 1 unspecified atom stereocenters. The van der Waals surface area contributed by atoms with Gasteiger partial charge in [-0.05, 0) is 61.4 Å². The van der Waals surface area contributed by atoms with E-state index in [9.17, 15) is 4.79 Å². The summed E-state index contributed by atoms with van der Waals surface area (Å²) in [6, 6.07) is 9.97. The van der Waals surface area contributed by atoms with Crippen LogP contribution in [-0.4, -0.2) is 28.8 Å². The number of hydrogen-bond acceptors (Lipinski definition) is 6. The predicted octanol–water partition coefficient (Wildman–Crippen LogP) is 4.66. The number of carbonyl (C=O) groups is 1. The van der Waals surface area contributed by atoms with Gasteiger partial charge in [-0.2, -0.15) is 4.98 Å². The number of anilines is 2. The molecule has 1 aliphatic heterocycles. The maximum atomic E-state index is 13.0. The lowest BCUT2D eigenvalue weighted by Crippen LogP contribution is -2.34. The normalized spacial score (nSPS) is 16.2. The Balaban J connectivity index is 1.46. The van der Waals surface area contributed by atoms with Crippen LogP contribution in [0.25, 0.3) is 11.1 Å². The number of fused-ring (bicyclic) bond motifs is 1. The van der Waals surface area contributed by atoms with Crippen LogP contribution >= 0.6 is 0 Å². The molecule has 6 heteroatoms. The van der Waals surface area contributed by atoms with Crippen molar-refractivity contribution in [3.05, 3.63) is 47.2 Å². The Morgan fingerprint density at radius 3 is 2.77 bits per heavy atom. The van der Waals surface area contributed by atoms with Gasteiger partial charge in [-0.25, -0.2) is 4.98 Å². The molecular weight excluding hydrogens is 376 g/mol. The van der Waals surface area contributed by atoms with Crippen molar-refractivity contribution in [2.45, 2.75) is 52.4 Å². The second kappa shape index (κ2) is 8.46. The average Bonchev–Trinajstić information content (AvgIpc) is 3.11. The molecule has 0 saturated carbocycles. The number of pyridine rings is 1. The molecule has 1 fully saturated rings. The van der Waals surface area contributed by atoms with Gasteiger partial charge >= 0.3 is 0 Å². The zero-order valence-electron chi connectivity index (χ0n) is 18.0. The summed E-state index contributed by atoms with van der Waals surface area (Å²) < 4.78 is 5.33. The minimum absolute atomic E-state index is 0.146. The maximum Gasteiger partial charge on any atom is 0.292 e. The van der Waals surface area contributed by atoms with Gasteiger partial charge in [-0.1, -0.05) is 26.0 Å². The number of hydrogen-bond donors (Lipinski definition) is 1. The minimum atomic E-state index is -0.204. The van der Waals surface area contributed by atoms with Crippen LogP contribution in [0, 0.1) is 12.8 Å². The Kier molecular flexibility index (Phi) is 5.75. The maximum absolute atomic E-state index is 13.0. The van der Waals surface area contributed by atoms with Gasteiger partial charge in [-0.15, -0.1) is 0 Å². The van der Waals surface area contributed by atoms with E-state index >= 15 is 0 Å². The highest BCUT2D eigenvalue weighted by Gasteiger charge is 2.21.